The van der Waals surface area contributed by atoms with Gasteiger partial charge in [-0.3, -0.25) is 9.59 Å². The molecule has 1 unspecified atom stereocenters. The summed E-state index contributed by atoms with van der Waals surface area (Å²) in [5.74, 6) is -0.552. The van der Waals surface area contributed by atoms with Crippen molar-refractivity contribution < 1.29 is 19.1 Å². The molecule has 2 aliphatic heterocycles. The Kier molecular flexibility index (Phi) is 8.97. The van der Waals surface area contributed by atoms with Gasteiger partial charge in [0, 0.05) is 57.0 Å². The maximum Gasteiger partial charge on any atom is 0.410 e. The van der Waals surface area contributed by atoms with E-state index in [1.54, 1.807) is 41.3 Å². The topological polar surface area (TPSA) is 99.8 Å². The first-order chi connectivity index (χ1) is 20.3. The second-order valence-electron chi connectivity index (χ2n) is 11.9. The van der Waals surface area contributed by atoms with E-state index in [0.717, 1.165) is 10.0 Å². The van der Waals surface area contributed by atoms with Gasteiger partial charge >= 0.3 is 6.09 Å². The van der Waals surface area contributed by atoms with Crippen molar-refractivity contribution in [3.8, 4) is 0 Å². The summed E-state index contributed by atoms with van der Waals surface area (Å²) in [5.41, 5.74) is 1.21. The van der Waals surface area contributed by atoms with Crippen LogP contribution in [0.1, 0.15) is 55.1 Å². The van der Waals surface area contributed by atoms with E-state index in [0.29, 0.717) is 58.5 Å². The maximum absolute atomic E-state index is 13.8. The van der Waals surface area contributed by atoms with E-state index in [2.05, 4.69) is 31.9 Å². The van der Waals surface area contributed by atoms with Gasteiger partial charge in [-0.2, -0.15) is 0 Å². The fourth-order valence-electron chi connectivity index (χ4n) is 5.48. The third kappa shape index (κ3) is 7.11. The van der Waals surface area contributed by atoms with Crippen molar-refractivity contribution >= 4 is 68.4 Å². The molecule has 2 aliphatic rings. The van der Waals surface area contributed by atoms with Crippen molar-refractivity contribution in [1.29, 1.82) is 0 Å². The van der Waals surface area contributed by atoms with E-state index in [4.69, 9.17) is 27.9 Å². The molecular formula is C32H33BrCl2N4O4. The van der Waals surface area contributed by atoms with Crippen molar-refractivity contribution in [2.45, 2.75) is 57.2 Å². The number of ether oxygens (including phenoxy) is 1. The zero-order valence-electron chi connectivity index (χ0n) is 24.1. The number of hydrogen-bond donors (Lipinski definition) is 3. The number of anilines is 2. The predicted octanol–water partition coefficient (Wildman–Crippen LogP) is 7.39. The second kappa shape index (κ2) is 12.4. The lowest BCUT2D eigenvalue weighted by Crippen LogP contribution is -2.48. The highest BCUT2D eigenvalue weighted by atomic mass is 79.9. The van der Waals surface area contributed by atoms with Gasteiger partial charge in [0.25, 0.3) is 11.8 Å². The molecule has 2 heterocycles. The molecule has 0 spiro atoms. The molecule has 3 aromatic carbocycles. The standard InChI is InChI=1S/C32H33BrCl2N4O4/c1-31(2,3)43-30(42)39-13-11-23(12-14-39)36-28(40)24-9-7-20(33)16-26(24)38-32(18-19-5-4-6-21(34)15-19)25-10-8-22(35)17-27(25)37-29(32)41/h4-10,15-17,23,38H,11-14,18H2,1-3H3,(H,36,40)(H,37,41). The van der Waals surface area contributed by atoms with Crippen LogP contribution in [0.4, 0.5) is 16.2 Å². The van der Waals surface area contributed by atoms with Crippen LogP contribution >= 0.6 is 39.1 Å². The van der Waals surface area contributed by atoms with E-state index in [1.807, 2.05) is 45.0 Å². The molecule has 11 heteroatoms. The molecule has 3 amide bonds. The van der Waals surface area contributed by atoms with Crippen LogP contribution in [-0.2, 0) is 21.5 Å². The average molecular weight is 688 g/mol. The van der Waals surface area contributed by atoms with Gasteiger partial charge in [-0.25, -0.2) is 4.79 Å². The van der Waals surface area contributed by atoms with Gasteiger partial charge in [0.2, 0.25) is 0 Å². The first-order valence-electron chi connectivity index (χ1n) is 14.1. The molecule has 43 heavy (non-hydrogen) atoms. The van der Waals surface area contributed by atoms with Gasteiger partial charge in [0.05, 0.1) is 5.56 Å². The van der Waals surface area contributed by atoms with Crippen LogP contribution in [0.2, 0.25) is 10.0 Å². The molecule has 0 bridgehead atoms. The maximum atomic E-state index is 13.8. The Labute approximate surface area is 269 Å². The lowest BCUT2D eigenvalue weighted by Gasteiger charge is -2.34. The van der Waals surface area contributed by atoms with Crippen LogP contribution in [0.5, 0.6) is 0 Å². The fraction of sp³-hybridized carbons (Fsp3) is 0.344. The van der Waals surface area contributed by atoms with Crippen molar-refractivity contribution in [3.05, 3.63) is 91.9 Å². The number of carbonyl (C=O) groups is 3. The molecule has 1 saturated heterocycles. The smallest absolute Gasteiger partial charge is 0.410 e. The lowest BCUT2D eigenvalue weighted by molar-refractivity contribution is -0.119. The number of carbonyl (C=O) groups excluding carboxylic acids is 3. The number of benzene rings is 3. The molecule has 3 aromatic rings. The Morgan fingerprint density at radius 3 is 2.47 bits per heavy atom. The summed E-state index contributed by atoms with van der Waals surface area (Å²) in [7, 11) is 0. The van der Waals surface area contributed by atoms with E-state index >= 15 is 0 Å². The molecule has 3 N–H and O–H groups in total. The van der Waals surface area contributed by atoms with Crippen molar-refractivity contribution in [3.63, 3.8) is 0 Å². The summed E-state index contributed by atoms with van der Waals surface area (Å²) >= 11 is 16.1. The van der Waals surface area contributed by atoms with Crippen LogP contribution in [0.15, 0.2) is 65.1 Å². The molecule has 1 fully saturated rings. The largest absolute Gasteiger partial charge is 0.444 e. The SMILES string of the molecule is CC(C)(C)OC(=O)N1CCC(NC(=O)c2ccc(Br)cc2NC2(Cc3cccc(Cl)c3)C(=O)Nc3cc(Cl)ccc32)CC1. The summed E-state index contributed by atoms with van der Waals surface area (Å²) in [4.78, 5) is 41.6. The monoisotopic (exact) mass is 686 g/mol. The van der Waals surface area contributed by atoms with Crippen LogP contribution in [-0.4, -0.2) is 47.5 Å². The first-order valence-corrected chi connectivity index (χ1v) is 15.6. The Balaban J connectivity index is 1.41. The van der Waals surface area contributed by atoms with Gasteiger partial charge in [0.15, 0.2) is 0 Å². The second-order valence-corrected chi connectivity index (χ2v) is 13.7. The minimum Gasteiger partial charge on any atom is -0.444 e. The molecule has 1 atom stereocenters. The molecule has 0 aromatic heterocycles. The number of likely N-dealkylation sites (tertiary alicyclic amines) is 1. The van der Waals surface area contributed by atoms with E-state index in [1.165, 1.54) is 0 Å². The van der Waals surface area contributed by atoms with Crippen LogP contribution in [0.25, 0.3) is 0 Å². The Hall–Kier alpha value is -3.27. The Bertz CT molecular complexity index is 1570. The minimum atomic E-state index is -1.25. The summed E-state index contributed by atoms with van der Waals surface area (Å²) in [5, 5.41) is 10.6. The van der Waals surface area contributed by atoms with Crippen LogP contribution in [0, 0.1) is 0 Å². The van der Waals surface area contributed by atoms with Gasteiger partial charge in [-0.1, -0.05) is 57.3 Å². The zero-order valence-corrected chi connectivity index (χ0v) is 27.2. The Morgan fingerprint density at radius 1 is 1.05 bits per heavy atom. The summed E-state index contributed by atoms with van der Waals surface area (Å²) < 4.78 is 6.23. The number of fused-ring (bicyclic) bond motifs is 1. The van der Waals surface area contributed by atoms with Crippen LogP contribution in [0.3, 0.4) is 0 Å². The summed E-state index contributed by atoms with van der Waals surface area (Å²) in [6, 6.07) is 17.8. The summed E-state index contributed by atoms with van der Waals surface area (Å²) in [6.45, 7) is 6.47. The number of amides is 3. The predicted molar refractivity (Wildman–Crippen MR) is 173 cm³/mol. The molecular weight excluding hydrogens is 655 g/mol. The number of nitrogens with one attached hydrogen (secondary N) is 3. The van der Waals surface area contributed by atoms with Gasteiger partial charge in [-0.05, 0) is 81.6 Å². The quantitative estimate of drug-likeness (QED) is 0.251. The van der Waals surface area contributed by atoms with Gasteiger partial charge < -0.3 is 25.6 Å². The number of piperidine rings is 1. The number of nitrogens with zero attached hydrogens (tertiary/aromatic N) is 1. The number of hydrogen-bond acceptors (Lipinski definition) is 5. The van der Waals surface area contributed by atoms with Crippen molar-refractivity contribution in [2.75, 3.05) is 23.7 Å². The van der Waals surface area contributed by atoms with E-state index in [9.17, 15) is 14.4 Å². The molecule has 0 saturated carbocycles. The third-order valence-electron chi connectivity index (χ3n) is 7.49. The van der Waals surface area contributed by atoms with E-state index < -0.39 is 11.1 Å². The molecule has 0 radical (unpaired) electrons. The van der Waals surface area contributed by atoms with Gasteiger partial charge in [0.1, 0.15) is 11.1 Å². The highest BCUT2D eigenvalue weighted by molar-refractivity contribution is 9.10. The Morgan fingerprint density at radius 2 is 1.77 bits per heavy atom. The van der Waals surface area contributed by atoms with Gasteiger partial charge in [-0.15, -0.1) is 0 Å². The first kappa shape index (κ1) is 31.2. The normalized spacial score (nSPS) is 18.6. The number of halogens is 3. The zero-order chi connectivity index (χ0) is 30.9. The molecule has 0 aliphatic carbocycles. The number of rotatable bonds is 6. The average Bonchev–Trinajstić information content (AvgIpc) is 3.17. The highest BCUT2D eigenvalue weighted by Crippen LogP contribution is 2.43. The molecule has 226 valence electrons. The molecule has 8 nitrogen and oxygen atoms in total. The van der Waals surface area contributed by atoms with Crippen molar-refractivity contribution in [1.82, 2.24) is 10.2 Å². The minimum absolute atomic E-state index is 0.124. The van der Waals surface area contributed by atoms with Crippen LogP contribution < -0.4 is 16.0 Å². The molecule has 5 rings (SSSR count). The van der Waals surface area contributed by atoms with Crippen molar-refractivity contribution in [2.24, 2.45) is 0 Å². The summed E-state index contributed by atoms with van der Waals surface area (Å²) in [6.07, 6.45) is 1.11. The highest BCUT2D eigenvalue weighted by Gasteiger charge is 2.47. The third-order valence-corrected chi connectivity index (χ3v) is 8.46. The van der Waals surface area contributed by atoms with E-state index in [-0.39, 0.29) is 30.4 Å². The lowest BCUT2D eigenvalue weighted by atomic mass is 9.84. The fourth-order valence-corrected chi connectivity index (χ4v) is 6.23.